The Bertz CT molecular complexity index is 1130. The average Bonchev–Trinajstić information content (AvgIpc) is 3.24. The molecule has 164 valence electrons. The van der Waals surface area contributed by atoms with Gasteiger partial charge in [0.2, 0.25) is 10.0 Å². The number of amides is 1. The zero-order chi connectivity index (χ0) is 22.6. The van der Waals surface area contributed by atoms with Crippen LogP contribution in [0.4, 0.5) is 0 Å². The first-order chi connectivity index (χ1) is 14.6. The van der Waals surface area contributed by atoms with Crippen LogP contribution in [0.15, 0.2) is 76.2 Å². The Morgan fingerprint density at radius 3 is 2.32 bits per heavy atom. The fourth-order valence-corrected chi connectivity index (χ4v) is 4.73. The monoisotopic (exact) mass is 442 g/mol. The fourth-order valence-electron chi connectivity index (χ4n) is 3.12. The molecule has 3 rings (SSSR count). The number of furan rings is 1. The van der Waals surface area contributed by atoms with Gasteiger partial charge in [-0.3, -0.25) is 4.79 Å². The Labute approximate surface area is 182 Å². The Kier molecular flexibility index (Phi) is 6.52. The molecule has 0 saturated carbocycles. The SMILES string of the molecule is COc1ccc(C(=O)NC(c2ccccc2)c2ccco2)cc1S(=O)(=O)NC(C)(C)C. The van der Waals surface area contributed by atoms with Gasteiger partial charge < -0.3 is 14.5 Å². The zero-order valence-electron chi connectivity index (χ0n) is 17.9. The van der Waals surface area contributed by atoms with Gasteiger partial charge in [0.1, 0.15) is 22.4 Å². The van der Waals surface area contributed by atoms with Crippen LogP contribution in [0.3, 0.4) is 0 Å². The van der Waals surface area contributed by atoms with Gasteiger partial charge in [-0.05, 0) is 56.7 Å². The first-order valence-electron chi connectivity index (χ1n) is 9.72. The van der Waals surface area contributed by atoms with Crippen LogP contribution in [-0.2, 0) is 10.0 Å². The molecule has 2 N–H and O–H groups in total. The minimum atomic E-state index is -3.91. The summed E-state index contributed by atoms with van der Waals surface area (Å²) in [5, 5.41) is 2.93. The number of benzene rings is 2. The summed E-state index contributed by atoms with van der Waals surface area (Å²) in [5.74, 6) is 0.273. The van der Waals surface area contributed by atoms with Crippen molar-refractivity contribution >= 4 is 15.9 Å². The van der Waals surface area contributed by atoms with Gasteiger partial charge in [0.25, 0.3) is 5.91 Å². The second kappa shape index (κ2) is 8.95. The minimum Gasteiger partial charge on any atom is -0.495 e. The number of carbonyl (C=O) groups excluding carboxylic acids is 1. The van der Waals surface area contributed by atoms with E-state index in [4.69, 9.17) is 9.15 Å². The predicted molar refractivity (Wildman–Crippen MR) is 118 cm³/mol. The molecule has 0 radical (unpaired) electrons. The molecule has 0 aliphatic carbocycles. The quantitative estimate of drug-likeness (QED) is 0.579. The van der Waals surface area contributed by atoms with Gasteiger partial charge in [-0.2, -0.15) is 0 Å². The highest BCUT2D eigenvalue weighted by Crippen LogP contribution is 2.27. The molecule has 1 amide bonds. The van der Waals surface area contributed by atoms with Crippen LogP contribution in [0.2, 0.25) is 0 Å². The van der Waals surface area contributed by atoms with Crippen molar-refractivity contribution in [2.75, 3.05) is 7.11 Å². The van der Waals surface area contributed by atoms with E-state index >= 15 is 0 Å². The molecule has 2 aromatic carbocycles. The molecule has 1 unspecified atom stereocenters. The molecule has 1 atom stereocenters. The van der Waals surface area contributed by atoms with E-state index in [0.29, 0.717) is 5.76 Å². The van der Waals surface area contributed by atoms with Crippen molar-refractivity contribution in [3.05, 3.63) is 83.8 Å². The molecule has 0 bridgehead atoms. The van der Waals surface area contributed by atoms with E-state index in [2.05, 4.69) is 10.0 Å². The zero-order valence-corrected chi connectivity index (χ0v) is 18.7. The van der Waals surface area contributed by atoms with Crippen molar-refractivity contribution in [3.8, 4) is 5.75 Å². The summed E-state index contributed by atoms with van der Waals surface area (Å²) in [5.41, 5.74) is 0.323. The lowest BCUT2D eigenvalue weighted by Crippen LogP contribution is -2.40. The predicted octanol–water partition coefficient (Wildman–Crippen LogP) is 3.88. The van der Waals surface area contributed by atoms with Crippen LogP contribution >= 0.6 is 0 Å². The number of hydrogen-bond donors (Lipinski definition) is 2. The number of sulfonamides is 1. The van der Waals surface area contributed by atoms with Crippen LogP contribution in [-0.4, -0.2) is 27.0 Å². The molecular formula is C23H26N2O5S. The number of nitrogens with one attached hydrogen (secondary N) is 2. The van der Waals surface area contributed by atoms with Crippen LogP contribution in [0, 0.1) is 0 Å². The van der Waals surface area contributed by atoms with Crippen LogP contribution in [0.1, 0.15) is 48.5 Å². The third-order valence-corrected chi connectivity index (χ3v) is 6.17. The van der Waals surface area contributed by atoms with Crippen molar-refractivity contribution in [2.45, 2.75) is 37.2 Å². The Morgan fingerprint density at radius 2 is 1.74 bits per heavy atom. The average molecular weight is 443 g/mol. The molecule has 7 nitrogen and oxygen atoms in total. The minimum absolute atomic E-state index is 0.105. The summed E-state index contributed by atoms with van der Waals surface area (Å²) in [6.07, 6.45) is 1.54. The van der Waals surface area contributed by atoms with E-state index in [1.165, 1.54) is 31.6 Å². The second-order valence-corrected chi connectivity index (χ2v) is 9.70. The molecule has 3 aromatic rings. The van der Waals surface area contributed by atoms with Crippen LogP contribution in [0.5, 0.6) is 5.75 Å². The van der Waals surface area contributed by atoms with E-state index in [-0.39, 0.29) is 16.2 Å². The van der Waals surface area contributed by atoms with Gasteiger partial charge in [0.15, 0.2) is 0 Å². The van der Waals surface area contributed by atoms with Gasteiger partial charge in [-0.25, -0.2) is 13.1 Å². The van der Waals surface area contributed by atoms with E-state index in [1.807, 2.05) is 30.3 Å². The maximum absolute atomic E-state index is 13.1. The lowest BCUT2D eigenvalue weighted by molar-refractivity contribution is 0.0938. The van der Waals surface area contributed by atoms with Crippen LogP contribution in [0.25, 0.3) is 0 Å². The number of hydrogen-bond acceptors (Lipinski definition) is 5. The third-order valence-electron chi connectivity index (χ3n) is 4.39. The van der Waals surface area contributed by atoms with Gasteiger partial charge in [0, 0.05) is 11.1 Å². The summed E-state index contributed by atoms with van der Waals surface area (Å²) in [7, 11) is -2.53. The Morgan fingerprint density at radius 1 is 1.03 bits per heavy atom. The Balaban J connectivity index is 1.96. The highest BCUT2D eigenvalue weighted by atomic mass is 32.2. The first kappa shape index (κ1) is 22.6. The summed E-state index contributed by atoms with van der Waals surface area (Å²) in [6.45, 7) is 5.21. The third kappa shape index (κ3) is 5.53. The summed E-state index contributed by atoms with van der Waals surface area (Å²) < 4.78 is 39.1. The van der Waals surface area contributed by atoms with Crippen LogP contribution < -0.4 is 14.8 Å². The largest absolute Gasteiger partial charge is 0.495 e. The van der Waals surface area contributed by atoms with Gasteiger partial charge in [-0.15, -0.1) is 0 Å². The topological polar surface area (TPSA) is 97.6 Å². The molecule has 0 aliphatic rings. The van der Waals surface area contributed by atoms with Crippen molar-refractivity contribution in [1.29, 1.82) is 0 Å². The number of methoxy groups -OCH3 is 1. The molecule has 0 saturated heterocycles. The molecular weight excluding hydrogens is 416 g/mol. The summed E-state index contributed by atoms with van der Waals surface area (Å²) in [4.78, 5) is 13.0. The number of rotatable bonds is 7. The molecule has 31 heavy (non-hydrogen) atoms. The van der Waals surface area contributed by atoms with Gasteiger partial charge in [0.05, 0.1) is 13.4 Å². The summed E-state index contributed by atoms with van der Waals surface area (Å²) in [6, 6.07) is 16.7. The standard InChI is InChI=1S/C23H26N2O5S/c1-23(2,3)25-31(27,28)20-15-17(12-13-18(20)29-4)22(26)24-21(19-11-8-14-30-19)16-9-6-5-7-10-16/h5-15,21,25H,1-4H3,(H,24,26). The van der Waals surface area contributed by atoms with E-state index < -0.39 is 27.5 Å². The molecule has 0 aliphatic heterocycles. The fraction of sp³-hybridized carbons (Fsp3) is 0.261. The lowest BCUT2D eigenvalue weighted by atomic mass is 10.0. The van der Waals surface area contributed by atoms with E-state index in [1.54, 1.807) is 32.9 Å². The van der Waals surface area contributed by atoms with Crippen molar-refractivity contribution < 1.29 is 22.4 Å². The number of ether oxygens (including phenoxy) is 1. The first-order valence-corrected chi connectivity index (χ1v) is 11.2. The Hall–Kier alpha value is -3.10. The normalized spacial score (nSPS) is 12.9. The summed E-state index contributed by atoms with van der Waals surface area (Å²) >= 11 is 0. The van der Waals surface area contributed by atoms with Crippen molar-refractivity contribution in [1.82, 2.24) is 10.0 Å². The highest BCUT2D eigenvalue weighted by molar-refractivity contribution is 7.89. The van der Waals surface area contributed by atoms with Crippen molar-refractivity contribution in [2.24, 2.45) is 0 Å². The number of carbonyl (C=O) groups is 1. The molecule has 1 aromatic heterocycles. The molecule has 0 spiro atoms. The van der Waals surface area contributed by atoms with E-state index in [0.717, 1.165) is 5.56 Å². The lowest BCUT2D eigenvalue weighted by Gasteiger charge is -2.22. The maximum Gasteiger partial charge on any atom is 0.252 e. The maximum atomic E-state index is 13.1. The van der Waals surface area contributed by atoms with Gasteiger partial charge >= 0.3 is 0 Å². The molecule has 0 fully saturated rings. The molecule has 1 heterocycles. The highest BCUT2D eigenvalue weighted by Gasteiger charge is 2.27. The smallest absolute Gasteiger partial charge is 0.252 e. The second-order valence-electron chi connectivity index (χ2n) is 8.05. The van der Waals surface area contributed by atoms with Crippen molar-refractivity contribution in [3.63, 3.8) is 0 Å². The molecule has 8 heteroatoms. The van der Waals surface area contributed by atoms with Gasteiger partial charge in [-0.1, -0.05) is 30.3 Å². The van der Waals surface area contributed by atoms with E-state index in [9.17, 15) is 13.2 Å².